The van der Waals surface area contributed by atoms with Crippen LogP contribution in [-0.2, 0) is 14.3 Å². The van der Waals surface area contributed by atoms with Crippen LogP contribution in [-0.4, -0.2) is 73.0 Å². The molecule has 0 aliphatic carbocycles. The van der Waals surface area contributed by atoms with Gasteiger partial charge in [0.1, 0.15) is 6.04 Å². The molecule has 0 unspecified atom stereocenters. The summed E-state index contributed by atoms with van der Waals surface area (Å²) in [6.07, 6.45) is -0.682. The Bertz CT molecular complexity index is 408. The highest BCUT2D eigenvalue weighted by Gasteiger charge is 2.44. The highest BCUT2D eigenvalue weighted by atomic mass is 19.3. The Morgan fingerprint density at radius 1 is 1.43 bits per heavy atom. The standard InChI is InChI=1S/C13H21F2N3O3/c1-21-13(20)10-3-2-8-4-5-17(7-11(14)15)6-9(16)12(19)18(8)10/h8-11H,2-7,16H2,1H3/t8-,9+,10+/m1/s1. The van der Waals surface area contributed by atoms with E-state index in [-0.39, 0.29) is 25.0 Å². The largest absolute Gasteiger partial charge is 0.467 e. The first-order chi connectivity index (χ1) is 9.93. The van der Waals surface area contributed by atoms with Crippen molar-refractivity contribution in [2.24, 2.45) is 5.73 Å². The number of halogens is 2. The highest BCUT2D eigenvalue weighted by Crippen LogP contribution is 2.29. The molecule has 3 atom stereocenters. The monoisotopic (exact) mass is 305 g/mol. The Morgan fingerprint density at radius 3 is 2.76 bits per heavy atom. The Morgan fingerprint density at radius 2 is 2.14 bits per heavy atom. The summed E-state index contributed by atoms with van der Waals surface area (Å²) >= 11 is 0. The summed E-state index contributed by atoms with van der Waals surface area (Å²) in [7, 11) is 1.29. The second-order valence-corrected chi connectivity index (χ2v) is 5.56. The smallest absolute Gasteiger partial charge is 0.328 e. The summed E-state index contributed by atoms with van der Waals surface area (Å²) in [4.78, 5) is 27.2. The molecule has 21 heavy (non-hydrogen) atoms. The van der Waals surface area contributed by atoms with E-state index < -0.39 is 24.5 Å². The number of hydrogen-bond donors (Lipinski definition) is 1. The van der Waals surface area contributed by atoms with E-state index in [1.54, 1.807) is 0 Å². The fourth-order valence-corrected chi connectivity index (χ4v) is 3.20. The van der Waals surface area contributed by atoms with Crippen molar-refractivity contribution in [1.82, 2.24) is 9.80 Å². The molecule has 1 amide bonds. The van der Waals surface area contributed by atoms with Crippen LogP contribution in [0.4, 0.5) is 8.78 Å². The topological polar surface area (TPSA) is 75.9 Å². The lowest BCUT2D eigenvalue weighted by Crippen LogP contribution is -2.57. The molecule has 2 saturated heterocycles. The third-order valence-corrected chi connectivity index (χ3v) is 4.18. The molecular formula is C13H21F2N3O3. The normalized spacial score (nSPS) is 31.0. The average molecular weight is 305 g/mol. The van der Waals surface area contributed by atoms with E-state index in [0.29, 0.717) is 25.8 Å². The van der Waals surface area contributed by atoms with Crippen molar-refractivity contribution in [3.8, 4) is 0 Å². The zero-order valence-electron chi connectivity index (χ0n) is 12.0. The van der Waals surface area contributed by atoms with E-state index in [1.807, 2.05) is 0 Å². The predicted octanol–water partition coefficient (Wildman–Crippen LogP) is -0.183. The number of nitrogens with two attached hydrogens (primary N) is 1. The van der Waals surface area contributed by atoms with Gasteiger partial charge in [-0.1, -0.05) is 0 Å². The van der Waals surface area contributed by atoms with Crippen LogP contribution in [0.2, 0.25) is 0 Å². The van der Waals surface area contributed by atoms with E-state index in [0.717, 1.165) is 0 Å². The number of nitrogens with zero attached hydrogens (tertiary/aromatic N) is 2. The zero-order valence-corrected chi connectivity index (χ0v) is 12.0. The minimum Gasteiger partial charge on any atom is -0.467 e. The van der Waals surface area contributed by atoms with Gasteiger partial charge < -0.3 is 15.4 Å². The van der Waals surface area contributed by atoms with Crippen LogP contribution in [0.25, 0.3) is 0 Å². The third-order valence-electron chi connectivity index (χ3n) is 4.18. The van der Waals surface area contributed by atoms with Crippen molar-refractivity contribution in [3.63, 3.8) is 0 Å². The number of alkyl halides is 2. The van der Waals surface area contributed by atoms with Crippen molar-refractivity contribution in [2.75, 3.05) is 26.7 Å². The SMILES string of the molecule is COC(=O)[C@@H]1CC[C@@H]2CCN(CC(F)F)C[C@H](N)C(=O)N21. The van der Waals surface area contributed by atoms with Gasteiger partial charge in [0.2, 0.25) is 5.91 Å². The maximum Gasteiger partial charge on any atom is 0.328 e. The van der Waals surface area contributed by atoms with Crippen LogP contribution in [0.5, 0.6) is 0 Å². The van der Waals surface area contributed by atoms with Crippen LogP contribution in [0.1, 0.15) is 19.3 Å². The Kier molecular flexibility index (Phi) is 5.10. The molecule has 8 heteroatoms. The number of methoxy groups -OCH3 is 1. The lowest BCUT2D eigenvalue weighted by Gasteiger charge is -2.36. The molecule has 0 saturated carbocycles. The quantitative estimate of drug-likeness (QED) is 0.732. The van der Waals surface area contributed by atoms with Crippen molar-refractivity contribution < 1.29 is 23.1 Å². The maximum absolute atomic E-state index is 12.5. The van der Waals surface area contributed by atoms with Gasteiger partial charge >= 0.3 is 5.97 Å². The molecule has 2 N–H and O–H groups in total. The van der Waals surface area contributed by atoms with Gasteiger partial charge in [-0.05, 0) is 19.3 Å². The molecule has 6 nitrogen and oxygen atoms in total. The molecule has 0 aromatic rings. The number of rotatable bonds is 3. The molecule has 120 valence electrons. The Balaban J connectivity index is 2.12. The van der Waals surface area contributed by atoms with E-state index in [1.165, 1.54) is 16.9 Å². The fraction of sp³-hybridized carbons (Fsp3) is 0.846. The van der Waals surface area contributed by atoms with Crippen molar-refractivity contribution in [2.45, 2.75) is 43.8 Å². The van der Waals surface area contributed by atoms with Crippen molar-refractivity contribution in [1.29, 1.82) is 0 Å². The number of fused-ring (bicyclic) bond motifs is 1. The van der Waals surface area contributed by atoms with Gasteiger partial charge in [-0.3, -0.25) is 9.69 Å². The van der Waals surface area contributed by atoms with Gasteiger partial charge in [-0.15, -0.1) is 0 Å². The van der Waals surface area contributed by atoms with Gasteiger partial charge in [-0.25, -0.2) is 13.6 Å². The van der Waals surface area contributed by atoms with E-state index in [2.05, 4.69) is 0 Å². The average Bonchev–Trinajstić information content (AvgIpc) is 2.84. The van der Waals surface area contributed by atoms with Crippen molar-refractivity contribution in [3.05, 3.63) is 0 Å². The van der Waals surface area contributed by atoms with Crippen LogP contribution in [0.15, 0.2) is 0 Å². The molecule has 0 spiro atoms. The number of amides is 1. The second-order valence-electron chi connectivity index (χ2n) is 5.56. The molecular weight excluding hydrogens is 284 g/mol. The van der Waals surface area contributed by atoms with Gasteiger partial charge in [0.05, 0.1) is 19.7 Å². The lowest BCUT2D eigenvalue weighted by molar-refractivity contribution is -0.153. The van der Waals surface area contributed by atoms with Gasteiger partial charge in [0.25, 0.3) is 6.43 Å². The third kappa shape index (κ3) is 3.49. The fourth-order valence-electron chi connectivity index (χ4n) is 3.20. The predicted molar refractivity (Wildman–Crippen MR) is 70.7 cm³/mol. The van der Waals surface area contributed by atoms with Crippen LogP contribution in [0, 0.1) is 0 Å². The molecule has 0 bridgehead atoms. The van der Waals surface area contributed by atoms with Crippen LogP contribution in [0.3, 0.4) is 0 Å². The van der Waals surface area contributed by atoms with E-state index in [9.17, 15) is 18.4 Å². The highest BCUT2D eigenvalue weighted by molar-refractivity contribution is 5.88. The summed E-state index contributed by atoms with van der Waals surface area (Å²) in [5.74, 6) is -0.796. The van der Waals surface area contributed by atoms with E-state index >= 15 is 0 Å². The number of esters is 1. The molecule has 2 heterocycles. The summed E-state index contributed by atoms with van der Waals surface area (Å²) in [5.41, 5.74) is 5.84. The number of ether oxygens (including phenoxy) is 1. The maximum atomic E-state index is 12.5. The summed E-state index contributed by atoms with van der Waals surface area (Å²) in [6.45, 7) is 0.148. The molecule has 0 aromatic carbocycles. The van der Waals surface area contributed by atoms with Crippen LogP contribution >= 0.6 is 0 Å². The van der Waals surface area contributed by atoms with Gasteiger partial charge in [0, 0.05) is 19.1 Å². The minimum atomic E-state index is -2.45. The van der Waals surface area contributed by atoms with Crippen molar-refractivity contribution >= 4 is 11.9 Å². The zero-order chi connectivity index (χ0) is 15.6. The lowest BCUT2D eigenvalue weighted by atomic mass is 10.1. The molecule has 2 aliphatic heterocycles. The van der Waals surface area contributed by atoms with Gasteiger partial charge in [0.15, 0.2) is 0 Å². The first kappa shape index (κ1) is 16.1. The minimum absolute atomic E-state index is 0.0836. The molecule has 2 fully saturated rings. The molecule has 2 rings (SSSR count). The van der Waals surface area contributed by atoms with Crippen LogP contribution < -0.4 is 5.73 Å². The van der Waals surface area contributed by atoms with E-state index in [4.69, 9.17) is 10.5 Å². The molecule has 0 radical (unpaired) electrons. The second kappa shape index (κ2) is 6.65. The Hall–Kier alpha value is -1.28. The first-order valence-electron chi connectivity index (χ1n) is 7.10. The summed E-state index contributed by atoms with van der Waals surface area (Å²) < 4.78 is 29.8. The number of hydrogen-bond acceptors (Lipinski definition) is 5. The Labute approximate surface area is 122 Å². The summed E-state index contributed by atoms with van der Waals surface area (Å²) in [6, 6.07) is -1.62. The number of carbonyl (C=O) groups is 2. The molecule has 2 aliphatic rings. The number of carbonyl (C=O) groups excluding carboxylic acids is 2. The molecule has 0 aromatic heterocycles. The summed E-state index contributed by atoms with van der Waals surface area (Å²) in [5, 5.41) is 0. The van der Waals surface area contributed by atoms with Gasteiger partial charge in [-0.2, -0.15) is 0 Å². The first-order valence-corrected chi connectivity index (χ1v) is 7.10.